The van der Waals surface area contributed by atoms with Gasteiger partial charge in [0.05, 0.1) is 17.7 Å². The molecule has 1 amide bonds. The number of anilines is 2. The van der Waals surface area contributed by atoms with Gasteiger partial charge >= 0.3 is 0 Å². The van der Waals surface area contributed by atoms with E-state index in [1.54, 1.807) is 13.0 Å². The molecule has 138 valence electrons. The van der Waals surface area contributed by atoms with Crippen LogP contribution in [-0.4, -0.2) is 16.9 Å². The Bertz CT molecular complexity index is 928. The second-order valence-electron chi connectivity index (χ2n) is 7.75. The Labute approximate surface area is 160 Å². The molecule has 27 heavy (non-hydrogen) atoms. The molecular formula is C22H24N4O. The number of hydrogen-bond acceptors (Lipinski definition) is 4. The third-order valence-corrected chi connectivity index (χ3v) is 5.75. The van der Waals surface area contributed by atoms with Crippen molar-refractivity contribution >= 4 is 17.4 Å². The SMILES string of the molecule is CC(=O)N1c2ccc(C#N)cc2C(Nc2cccc(C)n2)C(C)C1C1CC1. The summed E-state index contributed by atoms with van der Waals surface area (Å²) in [6.07, 6.45) is 2.33. The molecular weight excluding hydrogens is 336 g/mol. The molecule has 4 rings (SSSR count). The highest BCUT2D eigenvalue weighted by Gasteiger charge is 2.47. The van der Waals surface area contributed by atoms with Crippen molar-refractivity contribution in [2.45, 2.75) is 45.7 Å². The first-order valence-electron chi connectivity index (χ1n) is 9.53. The first kappa shape index (κ1) is 17.5. The van der Waals surface area contributed by atoms with Crippen molar-refractivity contribution in [3.63, 3.8) is 0 Å². The minimum atomic E-state index is 0.00352. The molecule has 1 aromatic carbocycles. The molecule has 1 fully saturated rings. The zero-order valence-electron chi connectivity index (χ0n) is 15.9. The quantitative estimate of drug-likeness (QED) is 0.891. The Morgan fingerprint density at radius 3 is 2.70 bits per heavy atom. The number of nitriles is 1. The van der Waals surface area contributed by atoms with Gasteiger partial charge in [0.2, 0.25) is 5.91 Å². The second-order valence-corrected chi connectivity index (χ2v) is 7.75. The van der Waals surface area contributed by atoms with Crippen LogP contribution < -0.4 is 10.2 Å². The van der Waals surface area contributed by atoms with Crippen LogP contribution in [0.2, 0.25) is 0 Å². The number of aromatic nitrogens is 1. The van der Waals surface area contributed by atoms with Crippen LogP contribution in [0.15, 0.2) is 36.4 Å². The van der Waals surface area contributed by atoms with Crippen molar-refractivity contribution < 1.29 is 4.79 Å². The van der Waals surface area contributed by atoms with Crippen molar-refractivity contribution in [2.24, 2.45) is 11.8 Å². The molecule has 1 aromatic heterocycles. The minimum absolute atomic E-state index is 0.00352. The fourth-order valence-corrected chi connectivity index (χ4v) is 4.42. The zero-order chi connectivity index (χ0) is 19.1. The topological polar surface area (TPSA) is 69.0 Å². The van der Waals surface area contributed by atoms with Crippen molar-refractivity contribution in [3.05, 3.63) is 53.2 Å². The zero-order valence-corrected chi connectivity index (χ0v) is 15.9. The number of aryl methyl sites for hydroxylation is 1. The van der Waals surface area contributed by atoms with Gasteiger partial charge in [-0.1, -0.05) is 13.0 Å². The summed E-state index contributed by atoms with van der Waals surface area (Å²) < 4.78 is 0. The molecule has 3 atom stereocenters. The molecule has 0 spiro atoms. The fraction of sp³-hybridized carbons (Fsp3) is 0.409. The van der Waals surface area contributed by atoms with Gasteiger partial charge < -0.3 is 10.2 Å². The maximum Gasteiger partial charge on any atom is 0.224 e. The molecule has 1 aliphatic carbocycles. The number of benzene rings is 1. The highest BCUT2D eigenvalue weighted by atomic mass is 16.2. The van der Waals surface area contributed by atoms with Crippen LogP contribution >= 0.6 is 0 Å². The Morgan fingerprint density at radius 1 is 1.30 bits per heavy atom. The average molecular weight is 360 g/mol. The number of amides is 1. The Balaban J connectivity index is 1.82. The van der Waals surface area contributed by atoms with E-state index in [-0.39, 0.29) is 23.9 Å². The Kier molecular flexibility index (Phi) is 4.35. The average Bonchev–Trinajstić information content (AvgIpc) is 3.47. The van der Waals surface area contributed by atoms with Gasteiger partial charge in [-0.05, 0) is 61.6 Å². The summed E-state index contributed by atoms with van der Waals surface area (Å²) in [5.74, 6) is 1.65. The van der Waals surface area contributed by atoms with E-state index >= 15 is 0 Å². The van der Waals surface area contributed by atoms with Gasteiger partial charge in [-0.2, -0.15) is 5.26 Å². The van der Waals surface area contributed by atoms with Crippen molar-refractivity contribution in [2.75, 3.05) is 10.2 Å². The van der Waals surface area contributed by atoms with E-state index in [0.29, 0.717) is 11.5 Å². The van der Waals surface area contributed by atoms with E-state index in [4.69, 9.17) is 0 Å². The number of carbonyl (C=O) groups is 1. The number of nitrogens with one attached hydrogen (secondary N) is 1. The smallest absolute Gasteiger partial charge is 0.224 e. The van der Waals surface area contributed by atoms with E-state index in [1.807, 2.05) is 42.2 Å². The molecule has 0 saturated heterocycles. The van der Waals surface area contributed by atoms with Crippen LogP contribution in [0.25, 0.3) is 0 Å². The number of carbonyl (C=O) groups excluding carboxylic acids is 1. The number of nitrogens with zero attached hydrogens (tertiary/aromatic N) is 3. The summed E-state index contributed by atoms with van der Waals surface area (Å²) in [7, 11) is 0. The summed E-state index contributed by atoms with van der Waals surface area (Å²) in [5.41, 5.74) is 3.48. The van der Waals surface area contributed by atoms with E-state index in [0.717, 1.165) is 22.8 Å². The Hall–Kier alpha value is -2.87. The molecule has 0 radical (unpaired) electrons. The van der Waals surface area contributed by atoms with Crippen LogP contribution in [0.5, 0.6) is 0 Å². The normalized spacial score (nSPS) is 24.1. The molecule has 2 aliphatic rings. The van der Waals surface area contributed by atoms with Crippen LogP contribution in [0.1, 0.15) is 49.6 Å². The Morgan fingerprint density at radius 2 is 2.07 bits per heavy atom. The second kappa shape index (κ2) is 6.70. The molecule has 2 aromatic rings. The standard InChI is InChI=1S/C22H24N4O/c1-13-5-4-6-20(24-13)25-21-14(2)22(17-8-9-17)26(15(3)27)19-10-7-16(12-23)11-18(19)21/h4-7,10-11,14,17,21-22H,8-9H2,1-3H3,(H,24,25). The molecule has 2 heterocycles. The van der Waals surface area contributed by atoms with Gasteiger partial charge in [-0.25, -0.2) is 4.98 Å². The van der Waals surface area contributed by atoms with Crippen LogP contribution in [0, 0.1) is 30.1 Å². The molecule has 5 heteroatoms. The summed E-state index contributed by atoms with van der Waals surface area (Å²) in [6, 6.07) is 14.0. The summed E-state index contributed by atoms with van der Waals surface area (Å²) in [4.78, 5) is 19.1. The molecule has 5 nitrogen and oxygen atoms in total. The maximum absolute atomic E-state index is 12.5. The lowest BCUT2D eigenvalue weighted by molar-refractivity contribution is -0.117. The lowest BCUT2D eigenvalue weighted by Crippen LogP contribution is -2.51. The first-order chi connectivity index (χ1) is 13.0. The first-order valence-corrected chi connectivity index (χ1v) is 9.53. The van der Waals surface area contributed by atoms with E-state index in [9.17, 15) is 10.1 Å². The van der Waals surface area contributed by atoms with Crippen molar-refractivity contribution in [1.29, 1.82) is 5.26 Å². The lowest BCUT2D eigenvalue weighted by Gasteiger charge is -2.45. The van der Waals surface area contributed by atoms with Crippen LogP contribution in [0.3, 0.4) is 0 Å². The minimum Gasteiger partial charge on any atom is -0.363 e. The maximum atomic E-state index is 12.5. The van der Waals surface area contributed by atoms with Gasteiger partial charge in [0, 0.05) is 30.3 Å². The number of rotatable bonds is 3. The number of fused-ring (bicyclic) bond motifs is 1. The summed E-state index contributed by atoms with van der Waals surface area (Å²) in [5, 5.41) is 13.0. The molecule has 1 saturated carbocycles. The van der Waals surface area contributed by atoms with E-state index in [2.05, 4.69) is 23.3 Å². The highest BCUT2D eigenvalue weighted by Crippen LogP contribution is 2.50. The van der Waals surface area contributed by atoms with Crippen LogP contribution in [-0.2, 0) is 4.79 Å². The van der Waals surface area contributed by atoms with Crippen molar-refractivity contribution in [3.8, 4) is 6.07 Å². The molecule has 1 aliphatic heterocycles. The number of pyridine rings is 1. The largest absolute Gasteiger partial charge is 0.363 e. The van der Waals surface area contributed by atoms with Gasteiger partial charge in [-0.3, -0.25) is 4.79 Å². The van der Waals surface area contributed by atoms with Gasteiger partial charge in [0.15, 0.2) is 0 Å². The molecule has 3 unspecified atom stereocenters. The van der Waals surface area contributed by atoms with Crippen LogP contribution in [0.4, 0.5) is 11.5 Å². The predicted molar refractivity (Wildman–Crippen MR) is 105 cm³/mol. The van der Waals surface area contributed by atoms with Crippen molar-refractivity contribution in [1.82, 2.24) is 4.98 Å². The third kappa shape index (κ3) is 3.16. The highest BCUT2D eigenvalue weighted by molar-refractivity contribution is 5.94. The van der Waals surface area contributed by atoms with Gasteiger partial charge in [0.25, 0.3) is 0 Å². The lowest BCUT2D eigenvalue weighted by atomic mass is 9.79. The van der Waals surface area contributed by atoms with E-state index in [1.165, 1.54) is 12.8 Å². The molecule has 1 N–H and O–H groups in total. The fourth-order valence-electron chi connectivity index (χ4n) is 4.42. The third-order valence-electron chi connectivity index (χ3n) is 5.75. The summed E-state index contributed by atoms with van der Waals surface area (Å²) in [6.45, 7) is 5.82. The number of hydrogen-bond donors (Lipinski definition) is 1. The molecule has 0 bridgehead atoms. The van der Waals surface area contributed by atoms with E-state index < -0.39 is 0 Å². The predicted octanol–water partition coefficient (Wildman–Crippen LogP) is 4.20. The van der Waals surface area contributed by atoms with Gasteiger partial charge in [0.1, 0.15) is 5.82 Å². The summed E-state index contributed by atoms with van der Waals surface area (Å²) >= 11 is 0. The monoisotopic (exact) mass is 360 g/mol. The van der Waals surface area contributed by atoms with Gasteiger partial charge in [-0.15, -0.1) is 0 Å².